The van der Waals surface area contributed by atoms with E-state index >= 15 is 0 Å². The summed E-state index contributed by atoms with van der Waals surface area (Å²) in [6, 6.07) is 3.23. The van der Waals surface area contributed by atoms with Gasteiger partial charge in [-0.25, -0.2) is 0 Å². The van der Waals surface area contributed by atoms with Gasteiger partial charge in [0.05, 0.1) is 0 Å². The van der Waals surface area contributed by atoms with Gasteiger partial charge in [-0.1, -0.05) is 0 Å². The van der Waals surface area contributed by atoms with E-state index in [1.54, 1.807) is 12.1 Å². The molecule has 4 heteroatoms. The second-order valence-electron chi connectivity index (χ2n) is 1.87. The molecule has 0 atom stereocenters. The third kappa shape index (κ3) is 1.05. The van der Waals surface area contributed by atoms with Crippen molar-refractivity contribution < 1.29 is 5.41 Å². The lowest BCUT2D eigenvalue weighted by atomic mass is 10.3. The summed E-state index contributed by atoms with van der Waals surface area (Å²) < 4.78 is 0. The van der Waals surface area contributed by atoms with Crippen LogP contribution >= 0.6 is 0 Å². The fourth-order valence-corrected chi connectivity index (χ4v) is 0.649. The number of pyridine rings is 1. The van der Waals surface area contributed by atoms with Gasteiger partial charge in [0.25, 0.3) is 11.4 Å². The molecule has 0 amide bonds. The molecule has 1 aromatic heterocycles. The average Bonchev–Trinajstić information content (AvgIpc) is 1.88. The molecule has 0 spiro atoms. The normalized spacial score (nSPS) is 9.20. The van der Waals surface area contributed by atoms with Gasteiger partial charge in [-0.3, -0.25) is 15.9 Å². The van der Waals surface area contributed by atoms with Crippen LogP contribution in [-0.4, -0.2) is 10.8 Å². The van der Waals surface area contributed by atoms with Crippen molar-refractivity contribution in [3.8, 4) is 0 Å². The number of hydrogen-bond donors (Lipinski definition) is 3. The van der Waals surface area contributed by atoms with Gasteiger partial charge in [-0.15, -0.1) is 0 Å². The molecule has 0 saturated carbocycles. The van der Waals surface area contributed by atoms with E-state index in [0.717, 1.165) is 0 Å². The van der Waals surface area contributed by atoms with Crippen LogP contribution in [0.3, 0.4) is 0 Å². The zero-order valence-corrected chi connectivity index (χ0v) is 5.29. The first-order valence-electron chi connectivity index (χ1n) is 2.78. The highest BCUT2D eigenvalue weighted by atomic mass is 16.1. The predicted octanol–water partition coefficient (Wildman–Crippen LogP) is -2.16. The summed E-state index contributed by atoms with van der Waals surface area (Å²) in [6.07, 6.45) is 1.52. The molecule has 5 N–H and O–H groups in total. The van der Waals surface area contributed by atoms with Crippen molar-refractivity contribution in [1.29, 1.82) is 0 Å². The van der Waals surface area contributed by atoms with Crippen LogP contribution in [0.15, 0.2) is 23.1 Å². The van der Waals surface area contributed by atoms with Crippen molar-refractivity contribution in [2.24, 2.45) is 5.73 Å². The zero-order valence-electron chi connectivity index (χ0n) is 5.29. The molecule has 0 aliphatic heterocycles. The van der Waals surface area contributed by atoms with Crippen molar-refractivity contribution >= 4 is 5.84 Å². The average molecular weight is 138 g/mol. The lowest BCUT2D eigenvalue weighted by molar-refractivity contribution is -0.114. The zero-order chi connectivity index (χ0) is 7.56. The van der Waals surface area contributed by atoms with Crippen LogP contribution in [0.25, 0.3) is 0 Å². The Labute approximate surface area is 57.2 Å². The molecule has 0 radical (unpaired) electrons. The van der Waals surface area contributed by atoms with Gasteiger partial charge in [-0.05, 0) is 12.1 Å². The van der Waals surface area contributed by atoms with E-state index in [2.05, 4.69) is 4.98 Å². The molecule has 0 aliphatic carbocycles. The lowest BCUT2D eigenvalue weighted by Gasteiger charge is -1.87. The van der Waals surface area contributed by atoms with Gasteiger partial charge in [0.1, 0.15) is 5.56 Å². The standard InChI is InChI=1S/C6H7N3O/c7-5(8)4-2-1-3-9-6(4)10/h1-3H,(H3,7,8)(H,9,10)/p+1. The van der Waals surface area contributed by atoms with Crippen LogP contribution in [-0.2, 0) is 0 Å². The van der Waals surface area contributed by atoms with Crippen molar-refractivity contribution in [3.05, 3.63) is 34.2 Å². The number of aromatic amines is 1. The maximum absolute atomic E-state index is 10.8. The molecule has 0 bridgehead atoms. The van der Waals surface area contributed by atoms with Crippen molar-refractivity contribution in [3.63, 3.8) is 0 Å². The quantitative estimate of drug-likeness (QED) is 0.305. The first-order valence-corrected chi connectivity index (χ1v) is 2.78. The van der Waals surface area contributed by atoms with Gasteiger partial charge in [0, 0.05) is 6.20 Å². The number of aromatic nitrogens is 1. The molecule has 0 saturated heterocycles. The predicted molar refractivity (Wildman–Crippen MR) is 37.3 cm³/mol. The van der Waals surface area contributed by atoms with E-state index in [1.165, 1.54) is 6.20 Å². The van der Waals surface area contributed by atoms with Crippen molar-refractivity contribution in [2.75, 3.05) is 0 Å². The Balaban J connectivity index is 3.29. The summed E-state index contributed by atoms with van der Waals surface area (Å²) in [7, 11) is 0. The van der Waals surface area contributed by atoms with Gasteiger partial charge in [0.15, 0.2) is 0 Å². The fourth-order valence-electron chi connectivity index (χ4n) is 0.649. The second-order valence-corrected chi connectivity index (χ2v) is 1.87. The summed E-state index contributed by atoms with van der Waals surface area (Å²) in [4.78, 5) is 13.3. The molecule has 0 fully saturated rings. The largest absolute Gasteiger partial charge is 0.328 e. The highest BCUT2D eigenvalue weighted by Crippen LogP contribution is 1.82. The Morgan fingerprint density at radius 1 is 1.70 bits per heavy atom. The van der Waals surface area contributed by atoms with Crippen LogP contribution in [0.4, 0.5) is 0 Å². The molecule has 4 nitrogen and oxygen atoms in total. The topological polar surface area (TPSA) is 84.5 Å². The minimum atomic E-state index is -0.262. The first-order chi connectivity index (χ1) is 4.72. The second kappa shape index (κ2) is 2.34. The molecular weight excluding hydrogens is 130 g/mol. The number of amidine groups is 1. The van der Waals surface area contributed by atoms with E-state index in [0.29, 0.717) is 5.56 Å². The van der Waals surface area contributed by atoms with Crippen LogP contribution < -0.4 is 16.7 Å². The van der Waals surface area contributed by atoms with Gasteiger partial charge in [-0.2, -0.15) is 0 Å². The minimum Gasteiger partial charge on any atom is -0.328 e. The van der Waals surface area contributed by atoms with E-state index in [1.807, 2.05) is 0 Å². The molecule has 1 heterocycles. The molecular formula is C6H8N3O+. The Morgan fingerprint density at radius 2 is 2.40 bits per heavy atom. The SMILES string of the molecule is NC(=[NH2+])c1ccc[nH]c1=O. The highest BCUT2D eigenvalue weighted by molar-refractivity contribution is 5.91. The summed E-state index contributed by atoms with van der Waals surface area (Å²) >= 11 is 0. The molecule has 1 aromatic rings. The third-order valence-electron chi connectivity index (χ3n) is 1.13. The van der Waals surface area contributed by atoms with Crippen LogP contribution in [0, 0.1) is 0 Å². The van der Waals surface area contributed by atoms with Crippen LogP contribution in [0.5, 0.6) is 0 Å². The van der Waals surface area contributed by atoms with E-state index in [9.17, 15) is 4.79 Å². The Hall–Kier alpha value is -1.58. The fraction of sp³-hybridized carbons (Fsp3) is 0. The smallest absolute Gasteiger partial charge is 0.276 e. The molecule has 0 unspecified atom stereocenters. The van der Waals surface area contributed by atoms with Crippen molar-refractivity contribution in [2.45, 2.75) is 0 Å². The van der Waals surface area contributed by atoms with Crippen molar-refractivity contribution in [1.82, 2.24) is 4.98 Å². The monoisotopic (exact) mass is 138 g/mol. The van der Waals surface area contributed by atoms with E-state index in [-0.39, 0.29) is 11.4 Å². The first kappa shape index (κ1) is 6.54. The molecule has 0 aromatic carbocycles. The molecule has 10 heavy (non-hydrogen) atoms. The Morgan fingerprint density at radius 3 is 2.80 bits per heavy atom. The maximum atomic E-state index is 10.8. The van der Waals surface area contributed by atoms with Gasteiger partial charge < -0.3 is 4.98 Å². The molecule has 1 rings (SSSR count). The molecule has 52 valence electrons. The van der Waals surface area contributed by atoms with Gasteiger partial charge in [0.2, 0.25) is 0 Å². The number of H-pyrrole nitrogens is 1. The Bertz CT molecular complexity index is 302. The van der Waals surface area contributed by atoms with Gasteiger partial charge >= 0.3 is 0 Å². The lowest BCUT2D eigenvalue weighted by Crippen LogP contribution is -2.48. The number of nitrogens with two attached hydrogens (primary N) is 2. The van der Waals surface area contributed by atoms with E-state index in [4.69, 9.17) is 11.1 Å². The van der Waals surface area contributed by atoms with E-state index < -0.39 is 0 Å². The highest BCUT2D eigenvalue weighted by Gasteiger charge is 2.03. The van der Waals surface area contributed by atoms with Crippen LogP contribution in [0.2, 0.25) is 0 Å². The summed E-state index contributed by atoms with van der Waals surface area (Å²) in [5.74, 6) is 0.0434. The van der Waals surface area contributed by atoms with Crippen LogP contribution in [0.1, 0.15) is 5.56 Å². The summed E-state index contributed by atoms with van der Waals surface area (Å²) in [5.41, 5.74) is 5.25. The minimum absolute atomic E-state index is 0.0434. The number of rotatable bonds is 1. The maximum Gasteiger partial charge on any atom is 0.276 e. The number of nitrogens with one attached hydrogen (secondary N) is 1. The number of hydrogen-bond acceptors (Lipinski definition) is 1. The summed E-state index contributed by atoms with van der Waals surface area (Å²) in [6.45, 7) is 0. The summed E-state index contributed by atoms with van der Waals surface area (Å²) in [5, 5.41) is 5.19. The Kier molecular flexibility index (Phi) is 1.53. The third-order valence-corrected chi connectivity index (χ3v) is 1.13. The molecule has 0 aliphatic rings.